The zero-order valence-corrected chi connectivity index (χ0v) is 13.6. The van der Waals surface area contributed by atoms with E-state index in [1.807, 2.05) is 51.0 Å². The van der Waals surface area contributed by atoms with Gasteiger partial charge >= 0.3 is 0 Å². The highest BCUT2D eigenvalue weighted by Crippen LogP contribution is 2.21. The lowest BCUT2D eigenvalue weighted by Crippen LogP contribution is -2.42. The molecular formula is C16H25N3O2. The molecule has 0 spiro atoms. The summed E-state index contributed by atoms with van der Waals surface area (Å²) in [6.07, 6.45) is 0. The number of anilines is 1. The molecule has 0 saturated carbocycles. The molecule has 0 unspecified atom stereocenters. The minimum absolute atomic E-state index is 0.0487. The number of rotatable bonds is 6. The monoisotopic (exact) mass is 291 g/mol. The molecular weight excluding hydrogens is 266 g/mol. The Morgan fingerprint density at radius 3 is 2.43 bits per heavy atom. The normalized spacial score (nSPS) is 10.6. The Balaban J connectivity index is 2.76. The van der Waals surface area contributed by atoms with Crippen molar-refractivity contribution in [1.82, 2.24) is 10.2 Å². The van der Waals surface area contributed by atoms with E-state index in [2.05, 4.69) is 5.32 Å². The molecule has 0 radical (unpaired) electrons. The van der Waals surface area contributed by atoms with Crippen molar-refractivity contribution in [1.29, 1.82) is 0 Å². The van der Waals surface area contributed by atoms with E-state index in [1.54, 1.807) is 0 Å². The van der Waals surface area contributed by atoms with E-state index in [9.17, 15) is 9.59 Å². The quantitative estimate of drug-likeness (QED) is 0.860. The third-order valence-corrected chi connectivity index (χ3v) is 3.22. The van der Waals surface area contributed by atoms with Crippen molar-refractivity contribution >= 4 is 17.5 Å². The van der Waals surface area contributed by atoms with Gasteiger partial charge in [-0.1, -0.05) is 12.1 Å². The lowest BCUT2D eigenvalue weighted by Gasteiger charge is -2.23. The van der Waals surface area contributed by atoms with Gasteiger partial charge in [0.25, 0.3) is 0 Å². The van der Waals surface area contributed by atoms with Gasteiger partial charge in [0, 0.05) is 25.7 Å². The number of carbonyl (C=O) groups excluding carboxylic acids is 2. The first-order chi connectivity index (χ1) is 9.81. The van der Waals surface area contributed by atoms with Crippen LogP contribution in [-0.2, 0) is 9.59 Å². The third kappa shape index (κ3) is 5.55. The molecule has 2 amide bonds. The number of benzene rings is 1. The highest BCUT2D eigenvalue weighted by atomic mass is 16.2. The maximum atomic E-state index is 12.0. The minimum atomic E-state index is -0.145. The third-order valence-electron chi connectivity index (χ3n) is 3.22. The molecule has 5 nitrogen and oxygen atoms in total. The Hall–Kier alpha value is -1.88. The molecule has 0 aromatic heterocycles. The number of likely N-dealkylation sites (N-methyl/N-ethyl adjacent to an activating group) is 1. The average molecular weight is 291 g/mol. The van der Waals surface area contributed by atoms with Gasteiger partial charge in [0.05, 0.1) is 0 Å². The zero-order chi connectivity index (χ0) is 16.0. The lowest BCUT2D eigenvalue weighted by atomic mass is 10.1. The van der Waals surface area contributed by atoms with Crippen LogP contribution < -0.4 is 10.2 Å². The number of hydrogen-bond acceptors (Lipinski definition) is 3. The van der Waals surface area contributed by atoms with Crippen molar-refractivity contribution in [3.8, 4) is 0 Å². The van der Waals surface area contributed by atoms with E-state index < -0.39 is 0 Å². The summed E-state index contributed by atoms with van der Waals surface area (Å²) in [5.41, 5.74) is 2.84. The second kappa shape index (κ2) is 7.78. The fraction of sp³-hybridized carbons (Fsp3) is 0.500. The van der Waals surface area contributed by atoms with Crippen LogP contribution in [-0.4, -0.2) is 50.4 Å². The first kappa shape index (κ1) is 17.2. The summed E-state index contributed by atoms with van der Waals surface area (Å²) in [5, 5.41) is 2.83. The zero-order valence-electron chi connectivity index (χ0n) is 13.6. The van der Waals surface area contributed by atoms with Gasteiger partial charge in [-0.15, -0.1) is 0 Å². The largest absolute Gasteiger partial charge is 0.353 e. The fourth-order valence-corrected chi connectivity index (χ4v) is 1.99. The van der Waals surface area contributed by atoms with Gasteiger partial charge < -0.3 is 15.1 Å². The van der Waals surface area contributed by atoms with Crippen molar-refractivity contribution in [2.45, 2.75) is 20.8 Å². The van der Waals surface area contributed by atoms with Crippen LogP contribution in [0.3, 0.4) is 0 Å². The van der Waals surface area contributed by atoms with E-state index in [4.69, 9.17) is 0 Å². The predicted octanol–water partition coefficient (Wildman–Crippen LogP) is 1.33. The van der Waals surface area contributed by atoms with Crippen LogP contribution >= 0.6 is 0 Å². The van der Waals surface area contributed by atoms with E-state index in [0.717, 1.165) is 23.4 Å². The molecule has 21 heavy (non-hydrogen) atoms. The number of carbonyl (C=O) groups is 2. The lowest BCUT2D eigenvalue weighted by molar-refractivity contribution is -0.123. The Labute approximate surface area is 126 Å². The number of hydrogen-bond donors (Lipinski definition) is 1. The second-order valence-corrected chi connectivity index (χ2v) is 5.55. The molecule has 0 aliphatic carbocycles. The van der Waals surface area contributed by atoms with Crippen LogP contribution in [0.2, 0.25) is 0 Å². The molecule has 0 fully saturated rings. The summed E-state index contributed by atoms with van der Waals surface area (Å²) in [4.78, 5) is 27.4. The highest BCUT2D eigenvalue weighted by molar-refractivity contribution is 5.98. The van der Waals surface area contributed by atoms with Gasteiger partial charge in [0.15, 0.2) is 0 Å². The Morgan fingerprint density at radius 2 is 1.86 bits per heavy atom. The van der Waals surface area contributed by atoms with Gasteiger partial charge in [-0.05, 0) is 45.1 Å². The smallest absolute Gasteiger partial charge is 0.240 e. The van der Waals surface area contributed by atoms with Gasteiger partial charge in [-0.3, -0.25) is 9.59 Å². The van der Waals surface area contributed by atoms with Crippen molar-refractivity contribution in [2.75, 3.05) is 38.6 Å². The fourth-order valence-electron chi connectivity index (χ4n) is 1.99. The molecule has 5 heteroatoms. The number of nitrogens with zero attached hydrogens (tertiary/aromatic N) is 2. The summed E-state index contributed by atoms with van der Waals surface area (Å²) in [5.74, 6) is -0.278. The number of amides is 2. The van der Waals surface area contributed by atoms with Crippen LogP contribution in [0.5, 0.6) is 0 Å². The maximum absolute atomic E-state index is 12.0. The molecule has 1 rings (SSSR count). The van der Waals surface area contributed by atoms with Gasteiger partial charge in [0.1, 0.15) is 6.54 Å². The molecule has 0 aliphatic rings. The molecule has 0 aliphatic heterocycles. The molecule has 116 valence electrons. The van der Waals surface area contributed by atoms with Crippen LogP contribution in [0.25, 0.3) is 0 Å². The van der Waals surface area contributed by atoms with Crippen molar-refractivity contribution in [2.24, 2.45) is 0 Å². The van der Waals surface area contributed by atoms with Crippen molar-refractivity contribution in [3.05, 3.63) is 29.3 Å². The summed E-state index contributed by atoms with van der Waals surface area (Å²) in [6, 6.07) is 5.89. The highest BCUT2D eigenvalue weighted by Gasteiger charge is 2.17. The Bertz CT molecular complexity index is 512. The summed E-state index contributed by atoms with van der Waals surface area (Å²) in [6.45, 7) is 6.79. The van der Waals surface area contributed by atoms with Crippen LogP contribution in [0.1, 0.15) is 18.1 Å². The standard InChI is InChI=1S/C16H25N3O2/c1-12-6-7-13(2)15(10-12)19(14(3)20)11-16(21)17-8-9-18(4)5/h6-7,10H,8-9,11H2,1-5H3,(H,17,21). The topological polar surface area (TPSA) is 52.7 Å². The van der Waals surface area contributed by atoms with E-state index in [1.165, 1.54) is 11.8 Å². The van der Waals surface area contributed by atoms with Gasteiger partial charge in [-0.25, -0.2) is 0 Å². The Kier molecular flexibility index (Phi) is 6.37. The summed E-state index contributed by atoms with van der Waals surface area (Å²) < 4.78 is 0. The van der Waals surface area contributed by atoms with Crippen molar-refractivity contribution in [3.63, 3.8) is 0 Å². The number of nitrogens with one attached hydrogen (secondary N) is 1. The molecule has 0 heterocycles. The molecule has 0 bridgehead atoms. The number of aryl methyl sites for hydroxylation is 2. The molecule has 1 aromatic rings. The van der Waals surface area contributed by atoms with Crippen LogP contribution in [0, 0.1) is 13.8 Å². The first-order valence-electron chi connectivity index (χ1n) is 7.08. The summed E-state index contributed by atoms with van der Waals surface area (Å²) in [7, 11) is 3.90. The predicted molar refractivity (Wildman–Crippen MR) is 85.5 cm³/mol. The molecule has 0 atom stereocenters. The van der Waals surface area contributed by atoms with E-state index in [-0.39, 0.29) is 18.4 Å². The molecule has 0 saturated heterocycles. The van der Waals surface area contributed by atoms with E-state index in [0.29, 0.717) is 6.54 Å². The van der Waals surface area contributed by atoms with Crippen molar-refractivity contribution < 1.29 is 9.59 Å². The van der Waals surface area contributed by atoms with Crippen LogP contribution in [0.4, 0.5) is 5.69 Å². The first-order valence-corrected chi connectivity index (χ1v) is 7.08. The summed E-state index contributed by atoms with van der Waals surface area (Å²) >= 11 is 0. The minimum Gasteiger partial charge on any atom is -0.353 e. The van der Waals surface area contributed by atoms with Gasteiger partial charge in [0.2, 0.25) is 11.8 Å². The maximum Gasteiger partial charge on any atom is 0.240 e. The second-order valence-electron chi connectivity index (χ2n) is 5.55. The van der Waals surface area contributed by atoms with E-state index >= 15 is 0 Å². The average Bonchev–Trinajstić information content (AvgIpc) is 2.38. The van der Waals surface area contributed by atoms with Crippen LogP contribution in [0.15, 0.2) is 18.2 Å². The molecule has 1 aromatic carbocycles. The SMILES string of the molecule is CC(=O)N(CC(=O)NCCN(C)C)c1cc(C)ccc1C. The molecule has 1 N–H and O–H groups in total. The Morgan fingerprint density at radius 1 is 1.19 bits per heavy atom. The van der Waals surface area contributed by atoms with Gasteiger partial charge in [-0.2, -0.15) is 0 Å².